The van der Waals surface area contributed by atoms with E-state index in [-0.39, 0.29) is 12.6 Å². The lowest BCUT2D eigenvalue weighted by molar-refractivity contribution is -0.144. The summed E-state index contributed by atoms with van der Waals surface area (Å²) in [5.74, 6) is 1.95. The Morgan fingerprint density at radius 2 is 2.00 bits per heavy atom. The van der Waals surface area contributed by atoms with Crippen LogP contribution < -0.4 is 0 Å². The molecule has 156 valence electrons. The molecule has 0 aromatic heterocycles. The van der Waals surface area contributed by atoms with Crippen molar-refractivity contribution in [2.45, 2.75) is 97.5 Å². The van der Waals surface area contributed by atoms with Crippen LogP contribution in [0.1, 0.15) is 91.4 Å². The highest BCUT2D eigenvalue weighted by Crippen LogP contribution is 2.31. The molecule has 1 aliphatic carbocycles. The third-order valence-corrected chi connectivity index (χ3v) is 5.65. The van der Waals surface area contributed by atoms with Crippen molar-refractivity contribution in [1.29, 1.82) is 0 Å². The molecule has 0 spiro atoms. The quantitative estimate of drug-likeness (QED) is 0.209. The Hall–Kier alpha value is -1.09. The average Bonchev–Trinajstić information content (AvgIpc) is 3.07. The lowest BCUT2D eigenvalue weighted by Gasteiger charge is -2.16. The third kappa shape index (κ3) is 12.1. The maximum atomic E-state index is 10.7. The normalized spacial score (nSPS) is 21.6. The highest BCUT2D eigenvalue weighted by Gasteiger charge is 2.19. The van der Waals surface area contributed by atoms with Crippen LogP contribution in [0.2, 0.25) is 0 Å². The standard InChI is InChI=1S/C24H42O3/c1-4-12-20(2)13-9-10-15-23-17-11-16-22(23)14-7-5-6-8-18-24(26)19-27-21(3)25/h10-11,15,17,20,22-24,26H,4-9,12-14,16,18-19H2,1-3H3/t20?,22-,23-,24?/m0/s1. The van der Waals surface area contributed by atoms with Crippen molar-refractivity contribution in [1.82, 2.24) is 0 Å². The number of esters is 1. The number of hydrogen-bond donors (Lipinski definition) is 1. The van der Waals surface area contributed by atoms with Crippen LogP contribution in [-0.2, 0) is 9.53 Å². The summed E-state index contributed by atoms with van der Waals surface area (Å²) < 4.78 is 4.82. The predicted molar refractivity (Wildman–Crippen MR) is 114 cm³/mol. The first-order valence-electron chi connectivity index (χ1n) is 11.2. The molecule has 0 saturated carbocycles. The zero-order valence-electron chi connectivity index (χ0n) is 17.9. The molecule has 0 amide bonds. The molecule has 0 bridgehead atoms. The summed E-state index contributed by atoms with van der Waals surface area (Å²) in [5.41, 5.74) is 0. The van der Waals surface area contributed by atoms with Gasteiger partial charge in [-0.15, -0.1) is 0 Å². The fourth-order valence-electron chi connectivity index (χ4n) is 3.96. The van der Waals surface area contributed by atoms with Gasteiger partial charge >= 0.3 is 5.97 Å². The summed E-state index contributed by atoms with van der Waals surface area (Å²) in [5, 5.41) is 9.74. The molecule has 4 atom stereocenters. The van der Waals surface area contributed by atoms with Gasteiger partial charge in [-0.25, -0.2) is 0 Å². The van der Waals surface area contributed by atoms with Crippen LogP contribution in [0.4, 0.5) is 0 Å². The Morgan fingerprint density at radius 3 is 2.74 bits per heavy atom. The van der Waals surface area contributed by atoms with E-state index in [9.17, 15) is 9.90 Å². The van der Waals surface area contributed by atoms with Gasteiger partial charge in [0.1, 0.15) is 6.61 Å². The number of ether oxygens (including phenoxy) is 1. The van der Waals surface area contributed by atoms with Gasteiger partial charge in [-0.1, -0.05) is 76.7 Å². The number of hydrogen-bond acceptors (Lipinski definition) is 3. The number of carbonyl (C=O) groups excluding carboxylic acids is 1. The van der Waals surface area contributed by atoms with Crippen LogP contribution >= 0.6 is 0 Å². The number of aliphatic hydroxyl groups excluding tert-OH is 1. The van der Waals surface area contributed by atoms with E-state index in [1.54, 1.807) is 0 Å². The Bertz CT molecular complexity index is 441. The minimum atomic E-state index is -0.512. The van der Waals surface area contributed by atoms with Gasteiger partial charge in [0.15, 0.2) is 0 Å². The SMILES string of the molecule is CCCC(C)CCC=C[C@H]1C=CC[C@@H]1CCCCCCC(O)COC(C)=O. The van der Waals surface area contributed by atoms with Crippen LogP contribution in [0.3, 0.4) is 0 Å². The van der Waals surface area contributed by atoms with Crippen molar-refractivity contribution < 1.29 is 14.6 Å². The number of aliphatic hydroxyl groups is 1. The van der Waals surface area contributed by atoms with Gasteiger partial charge in [-0.05, 0) is 49.9 Å². The molecule has 1 rings (SSSR count). The van der Waals surface area contributed by atoms with Crippen LogP contribution in [0.5, 0.6) is 0 Å². The molecule has 0 saturated heterocycles. The third-order valence-electron chi connectivity index (χ3n) is 5.65. The monoisotopic (exact) mass is 378 g/mol. The average molecular weight is 379 g/mol. The van der Waals surface area contributed by atoms with Crippen LogP contribution in [0.15, 0.2) is 24.3 Å². The first-order valence-corrected chi connectivity index (χ1v) is 11.2. The second-order valence-corrected chi connectivity index (χ2v) is 8.35. The minimum absolute atomic E-state index is 0.133. The Morgan fingerprint density at radius 1 is 1.22 bits per heavy atom. The maximum Gasteiger partial charge on any atom is 0.302 e. The zero-order valence-corrected chi connectivity index (χ0v) is 17.9. The lowest BCUT2D eigenvalue weighted by Crippen LogP contribution is -2.17. The van der Waals surface area contributed by atoms with Crippen molar-refractivity contribution in [2.75, 3.05) is 6.61 Å². The van der Waals surface area contributed by atoms with E-state index in [1.807, 2.05) is 0 Å². The summed E-state index contributed by atoms with van der Waals surface area (Å²) in [6.45, 7) is 6.14. The van der Waals surface area contributed by atoms with Gasteiger partial charge in [0.25, 0.3) is 0 Å². The van der Waals surface area contributed by atoms with Gasteiger partial charge in [0, 0.05) is 6.92 Å². The highest BCUT2D eigenvalue weighted by molar-refractivity contribution is 5.65. The predicted octanol–water partition coefficient (Wildman–Crippen LogP) is 6.22. The topological polar surface area (TPSA) is 46.5 Å². The van der Waals surface area contributed by atoms with E-state index in [4.69, 9.17) is 4.74 Å². The largest absolute Gasteiger partial charge is 0.463 e. The molecule has 0 aromatic rings. The van der Waals surface area contributed by atoms with Gasteiger partial charge in [-0.3, -0.25) is 4.79 Å². The van der Waals surface area contributed by atoms with Crippen molar-refractivity contribution in [3.8, 4) is 0 Å². The molecule has 1 aliphatic rings. The first-order chi connectivity index (χ1) is 13.0. The molecule has 0 aromatic carbocycles. The molecule has 2 unspecified atom stereocenters. The fourth-order valence-corrected chi connectivity index (χ4v) is 3.96. The second-order valence-electron chi connectivity index (χ2n) is 8.35. The molecule has 27 heavy (non-hydrogen) atoms. The maximum absolute atomic E-state index is 10.7. The van der Waals surface area contributed by atoms with E-state index in [2.05, 4.69) is 38.2 Å². The summed E-state index contributed by atoms with van der Waals surface area (Å²) in [6, 6.07) is 0. The van der Waals surface area contributed by atoms with Crippen molar-refractivity contribution in [3.63, 3.8) is 0 Å². The number of allylic oxidation sites excluding steroid dienone is 4. The van der Waals surface area contributed by atoms with Gasteiger partial charge in [-0.2, -0.15) is 0 Å². The zero-order chi connectivity index (χ0) is 19.9. The van der Waals surface area contributed by atoms with E-state index < -0.39 is 6.10 Å². The molecular formula is C24H42O3. The lowest BCUT2D eigenvalue weighted by atomic mass is 9.89. The minimum Gasteiger partial charge on any atom is -0.463 e. The molecule has 0 aliphatic heterocycles. The van der Waals surface area contributed by atoms with E-state index in [0.29, 0.717) is 5.92 Å². The van der Waals surface area contributed by atoms with Gasteiger partial charge in [0.05, 0.1) is 6.10 Å². The molecule has 0 heterocycles. The van der Waals surface area contributed by atoms with Crippen molar-refractivity contribution in [2.24, 2.45) is 17.8 Å². The Kier molecular flexibility index (Phi) is 13.2. The number of carbonyl (C=O) groups is 1. The summed E-state index contributed by atoms with van der Waals surface area (Å²) >= 11 is 0. The van der Waals surface area contributed by atoms with E-state index >= 15 is 0 Å². The fraction of sp³-hybridized carbons (Fsp3) is 0.792. The summed E-state index contributed by atoms with van der Waals surface area (Å²) in [7, 11) is 0. The number of unbranched alkanes of at least 4 members (excludes halogenated alkanes) is 3. The number of rotatable bonds is 15. The van der Waals surface area contributed by atoms with E-state index in [1.165, 1.54) is 58.3 Å². The molecular weight excluding hydrogens is 336 g/mol. The molecule has 3 heteroatoms. The second kappa shape index (κ2) is 14.9. The van der Waals surface area contributed by atoms with Crippen LogP contribution in [0, 0.1) is 17.8 Å². The van der Waals surface area contributed by atoms with Crippen LogP contribution in [0.25, 0.3) is 0 Å². The van der Waals surface area contributed by atoms with Crippen LogP contribution in [-0.4, -0.2) is 23.8 Å². The molecule has 1 N–H and O–H groups in total. The summed E-state index contributed by atoms with van der Waals surface area (Å²) in [4.78, 5) is 10.7. The van der Waals surface area contributed by atoms with Crippen molar-refractivity contribution in [3.05, 3.63) is 24.3 Å². The van der Waals surface area contributed by atoms with Gasteiger partial charge < -0.3 is 9.84 Å². The highest BCUT2D eigenvalue weighted by atomic mass is 16.5. The molecule has 0 radical (unpaired) electrons. The first kappa shape index (κ1) is 23.9. The smallest absolute Gasteiger partial charge is 0.302 e. The Labute approximate surface area is 167 Å². The van der Waals surface area contributed by atoms with Gasteiger partial charge in [0.2, 0.25) is 0 Å². The van der Waals surface area contributed by atoms with Crippen molar-refractivity contribution >= 4 is 5.97 Å². The molecule has 0 fully saturated rings. The van der Waals surface area contributed by atoms with E-state index in [0.717, 1.165) is 31.1 Å². The summed E-state index contributed by atoms with van der Waals surface area (Å²) in [6.07, 6.45) is 22.1. The molecule has 3 nitrogen and oxygen atoms in total. The Balaban J connectivity index is 2.08.